The molecule has 2 rings (SSSR count). The second-order valence-electron chi connectivity index (χ2n) is 4.02. The number of esters is 1. The molecule has 0 fully saturated rings. The summed E-state index contributed by atoms with van der Waals surface area (Å²) < 4.78 is 11.8. The average Bonchev–Trinajstić information content (AvgIpc) is 2.51. The van der Waals surface area contributed by atoms with Crippen LogP contribution < -0.4 is 4.74 Å². The minimum atomic E-state index is -0.351. The number of aromatic hydroxyl groups is 1. The molecular weight excluding hydrogens is 416 g/mol. The summed E-state index contributed by atoms with van der Waals surface area (Å²) in [6.45, 7) is 2.09. The van der Waals surface area contributed by atoms with E-state index in [2.05, 4.69) is 31.9 Å². The Labute approximate surface area is 146 Å². The predicted molar refractivity (Wildman–Crippen MR) is 92.1 cm³/mol. The Bertz CT molecular complexity index is 547. The van der Waals surface area contributed by atoms with Crippen molar-refractivity contribution in [2.75, 3.05) is 13.2 Å². The number of carbonyl (C=O) groups is 1. The van der Waals surface area contributed by atoms with Gasteiger partial charge >= 0.3 is 5.97 Å². The molecule has 118 valence electrons. The number of halogens is 2. The van der Waals surface area contributed by atoms with E-state index in [-0.39, 0.29) is 12.6 Å². The van der Waals surface area contributed by atoms with Crippen molar-refractivity contribution in [1.82, 2.24) is 0 Å². The summed E-state index contributed by atoms with van der Waals surface area (Å²) in [6.07, 6.45) is 0. The minimum Gasteiger partial charge on any atom is -0.508 e. The van der Waals surface area contributed by atoms with Crippen molar-refractivity contribution >= 4 is 37.8 Å². The molecule has 6 heteroatoms. The van der Waals surface area contributed by atoms with Crippen molar-refractivity contribution in [3.8, 4) is 11.5 Å². The van der Waals surface area contributed by atoms with Gasteiger partial charge in [-0.3, -0.25) is 0 Å². The van der Waals surface area contributed by atoms with Gasteiger partial charge in [0.15, 0.2) is 6.61 Å². The summed E-state index contributed by atoms with van der Waals surface area (Å²) in [6, 6.07) is 14.1. The van der Waals surface area contributed by atoms with E-state index in [4.69, 9.17) is 14.6 Å². The number of rotatable bonds is 4. The molecule has 0 bridgehead atoms. The quantitative estimate of drug-likeness (QED) is 0.721. The van der Waals surface area contributed by atoms with Crippen molar-refractivity contribution in [3.05, 3.63) is 57.5 Å². The molecule has 2 aromatic rings. The average molecular weight is 432 g/mol. The number of hydrogen-bond donors (Lipinski definition) is 1. The Balaban J connectivity index is 0.000000255. The molecule has 0 saturated heterocycles. The van der Waals surface area contributed by atoms with Gasteiger partial charge in [0.25, 0.3) is 0 Å². The molecule has 2 aromatic carbocycles. The zero-order chi connectivity index (χ0) is 16.4. The monoisotopic (exact) mass is 430 g/mol. The molecule has 22 heavy (non-hydrogen) atoms. The predicted octanol–water partition coefficient (Wildman–Crippen LogP) is 4.55. The van der Waals surface area contributed by atoms with Crippen LogP contribution in [0.1, 0.15) is 6.92 Å². The van der Waals surface area contributed by atoms with Gasteiger partial charge in [-0.1, -0.05) is 31.9 Å². The topological polar surface area (TPSA) is 55.8 Å². The molecule has 4 nitrogen and oxygen atoms in total. The number of phenols is 1. The molecule has 0 radical (unpaired) electrons. The smallest absolute Gasteiger partial charge is 0.344 e. The molecule has 1 N–H and O–H groups in total. The standard InChI is InChI=1S/C10H11BrO3.C6H5BrO/c1-2-13-10(12)7-14-9-5-3-8(11)4-6-9;7-5-1-3-6(8)4-2-5/h3-6H,2,7H2,1H3;1-4,8H. The number of phenolic OH excluding ortho intramolecular Hbond substituents is 1. The molecule has 0 aromatic heterocycles. The van der Waals surface area contributed by atoms with Crippen molar-refractivity contribution in [2.45, 2.75) is 6.92 Å². The molecule has 0 heterocycles. The molecule has 0 amide bonds. The van der Waals surface area contributed by atoms with Crippen molar-refractivity contribution in [2.24, 2.45) is 0 Å². The summed E-state index contributed by atoms with van der Waals surface area (Å²) in [5.41, 5.74) is 0. The Morgan fingerprint density at radius 1 is 1.00 bits per heavy atom. The van der Waals surface area contributed by atoms with E-state index in [1.54, 1.807) is 43.3 Å². The van der Waals surface area contributed by atoms with E-state index in [1.165, 1.54) is 0 Å². The third-order valence-corrected chi connectivity index (χ3v) is 3.36. The van der Waals surface area contributed by atoms with E-state index >= 15 is 0 Å². The SMILES string of the molecule is CCOC(=O)COc1ccc(Br)cc1.Oc1ccc(Br)cc1. The number of ether oxygens (including phenoxy) is 2. The van der Waals surface area contributed by atoms with Gasteiger partial charge < -0.3 is 14.6 Å². The van der Waals surface area contributed by atoms with Crippen molar-refractivity contribution in [3.63, 3.8) is 0 Å². The largest absolute Gasteiger partial charge is 0.508 e. The van der Waals surface area contributed by atoms with E-state index in [9.17, 15) is 4.79 Å². The summed E-state index contributed by atoms with van der Waals surface area (Å²) in [5, 5.41) is 8.74. The van der Waals surface area contributed by atoms with Gasteiger partial charge in [-0.25, -0.2) is 4.79 Å². The molecule has 0 spiro atoms. The van der Waals surface area contributed by atoms with Gasteiger partial charge in [-0.2, -0.15) is 0 Å². The molecule has 0 aliphatic rings. The number of hydrogen-bond acceptors (Lipinski definition) is 4. The highest BCUT2D eigenvalue weighted by Crippen LogP contribution is 2.16. The van der Waals surface area contributed by atoms with Crippen molar-refractivity contribution in [1.29, 1.82) is 0 Å². The van der Waals surface area contributed by atoms with Crippen LogP contribution in [0.25, 0.3) is 0 Å². The fourth-order valence-electron chi connectivity index (χ4n) is 1.32. The zero-order valence-corrected chi connectivity index (χ0v) is 15.1. The first kappa shape index (κ1) is 18.5. The third-order valence-electron chi connectivity index (χ3n) is 2.30. The lowest BCUT2D eigenvalue weighted by Gasteiger charge is -2.05. The number of carbonyl (C=O) groups excluding carboxylic acids is 1. The highest BCUT2D eigenvalue weighted by Gasteiger charge is 2.02. The summed E-state index contributed by atoms with van der Waals surface area (Å²) >= 11 is 6.54. The Morgan fingerprint density at radius 2 is 1.50 bits per heavy atom. The zero-order valence-electron chi connectivity index (χ0n) is 12.0. The van der Waals surface area contributed by atoms with E-state index in [0.29, 0.717) is 18.1 Å². The first-order valence-corrected chi connectivity index (χ1v) is 8.08. The van der Waals surface area contributed by atoms with Gasteiger partial charge in [0, 0.05) is 8.95 Å². The van der Waals surface area contributed by atoms with Gasteiger partial charge in [0.05, 0.1) is 6.61 Å². The van der Waals surface area contributed by atoms with Crippen LogP contribution in [0.3, 0.4) is 0 Å². The Morgan fingerprint density at radius 3 is 1.95 bits per heavy atom. The van der Waals surface area contributed by atoms with E-state index in [1.807, 2.05) is 12.1 Å². The molecule has 0 aliphatic heterocycles. The second-order valence-corrected chi connectivity index (χ2v) is 5.86. The summed E-state index contributed by atoms with van der Waals surface area (Å²) in [5.74, 6) is 0.602. The fourth-order valence-corrected chi connectivity index (χ4v) is 1.85. The van der Waals surface area contributed by atoms with E-state index < -0.39 is 0 Å². The van der Waals surface area contributed by atoms with Crippen LogP contribution >= 0.6 is 31.9 Å². The third kappa shape index (κ3) is 8.05. The first-order valence-electron chi connectivity index (χ1n) is 6.49. The fraction of sp³-hybridized carbons (Fsp3) is 0.188. The first-order chi connectivity index (χ1) is 10.5. The Kier molecular flexibility index (Phi) is 8.62. The van der Waals surface area contributed by atoms with Crippen LogP contribution in [0.2, 0.25) is 0 Å². The lowest BCUT2D eigenvalue weighted by atomic mass is 10.3. The van der Waals surface area contributed by atoms with Crippen LogP contribution in [0.15, 0.2) is 57.5 Å². The Hall–Kier alpha value is -1.53. The molecule has 0 saturated carbocycles. The van der Waals surface area contributed by atoms with Crippen LogP contribution in [-0.2, 0) is 9.53 Å². The molecule has 0 aliphatic carbocycles. The molecular formula is C16H16Br2O4. The maximum atomic E-state index is 10.9. The maximum absolute atomic E-state index is 10.9. The normalized spacial score (nSPS) is 9.41. The maximum Gasteiger partial charge on any atom is 0.344 e. The summed E-state index contributed by atoms with van der Waals surface area (Å²) in [4.78, 5) is 10.9. The number of benzene rings is 2. The molecule has 0 atom stereocenters. The van der Waals surface area contributed by atoms with Gasteiger partial charge in [-0.15, -0.1) is 0 Å². The van der Waals surface area contributed by atoms with Gasteiger partial charge in [0.1, 0.15) is 11.5 Å². The summed E-state index contributed by atoms with van der Waals surface area (Å²) in [7, 11) is 0. The van der Waals surface area contributed by atoms with Crippen LogP contribution in [-0.4, -0.2) is 24.3 Å². The van der Waals surface area contributed by atoms with Crippen LogP contribution in [0.4, 0.5) is 0 Å². The van der Waals surface area contributed by atoms with Crippen LogP contribution in [0.5, 0.6) is 11.5 Å². The van der Waals surface area contributed by atoms with Crippen LogP contribution in [0, 0.1) is 0 Å². The van der Waals surface area contributed by atoms with Crippen molar-refractivity contribution < 1.29 is 19.4 Å². The van der Waals surface area contributed by atoms with Gasteiger partial charge in [-0.05, 0) is 55.5 Å². The molecule has 0 unspecified atom stereocenters. The minimum absolute atomic E-state index is 0.0462. The lowest BCUT2D eigenvalue weighted by molar-refractivity contribution is -0.145. The van der Waals surface area contributed by atoms with Gasteiger partial charge in [0.2, 0.25) is 0 Å². The highest BCUT2D eigenvalue weighted by atomic mass is 79.9. The lowest BCUT2D eigenvalue weighted by Crippen LogP contribution is -2.14. The highest BCUT2D eigenvalue weighted by molar-refractivity contribution is 9.10. The second kappa shape index (κ2) is 10.2. The van der Waals surface area contributed by atoms with E-state index in [0.717, 1.165) is 8.95 Å².